The summed E-state index contributed by atoms with van der Waals surface area (Å²) >= 11 is 0. The van der Waals surface area contributed by atoms with Crippen LogP contribution in [0.15, 0.2) is 29.2 Å². The van der Waals surface area contributed by atoms with Crippen molar-refractivity contribution in [1.82, 2.24) is 4.31 Å². The molecule has 1 N–H and O–H groups in total. The predicted molar refractivity (Wildman–Crippen MR) is 77.3 cm³/mol. The van der Waals surface area contributed by atoms with Crippen LogP contribution in [0.1, 0.15) is 25.7 Å². The van der Waals surface area contributed by atoms with Crippen molar-refractivity contribution in [2.45, 2.75) is 30.6 Å². The van der Waals surface area contributed by atoms with Gasteiger partial charge in [-0.25, -0.2) is 0 Å². The molecule has 6 nitrogen and oxygen atoms in total. The minimum atomic E-state index is -4.99. The van der Waals surface area contributed by atoms with Gasteiger partial charge in [-0.05, 0) is 25.0 Å². The van der Waals surface area contributed by atoms with Gasteiger partial charge in [-0.2, -0.15) is 21.1 Å². The Kier molecular flexibility index (Phi) is 4.84. The van der Waals surface area contributed by atoms with Crippen molar-refractivity contribution in [3.05, 3.63) is 24.3 Å². The molecule has 1 saturated heterocycles. The molecule has 118 valence electrons. The van der Waals surface area contributed by atoms with Gasteiger partial charge in [0.05, 0.1) is 5.69 Å². The largest absolute Gasteiger partial charge is 0.334 e. The first-order valence-electron chi connectivity index (χ1n) is 6.62. The Hall–Kier alpha value is -1.19. The van der Waals surface area contributed by atoms with E-state index < -0.39 is 25.3 Å². The average molecular weight is 336 g/mol. The highest BCUT2D eigenvalue weighted by Gasteiger charge is 2.26. The van der Waals surface area contributed by atoms with E-state index in [4.69, 9.17) is 0 Å². The van der Waals surface area contributed by atoms with Crippen LogP contribution in [0.25, 0.3) is 0 Å². The molecular formula is C12H17FN2O4S2. The lowest BCUT2D eigenvalue weighted by molar-refractivity contribution is 0.427. The third kappa shape index (κ3) is 4.14. The Labute approximate surface area is 124 Å². The molecule has 1 heterocycles. The fourth-order valence-corrected chi connectivity index (χ4v) is 4.26. The van der Waals surface area contributed by atoms with Crippen LogP contribution in [0.2, 0.25) is 0 Å². The van der Waals surface area contributed by atoms with E-state index in [0.717, 1.165) is 31.7 Å². The van der Waals surface area contributed by atoms with E-state index in [-0.39, 0.29) is 5.69 Å². The van der Waals surface area contributed by atoms with Gasteiger partial charge in [0, 0.05) is 13.1 Å². The average Bonchev–Trinajstić information content (AvgIpc) is 2.67. The Morgan fingerprint density at radius 3 is 2.10 bits per heavy atom. The standard InChI is InChI=1S/C12H17FN2O4S2/c13-20(16,17)12-8-4-3-7-11(12)14-21(18,19)15-9-5-1-2-6-10-15/h3-4,7-8,14H,1-2,5-6,9-10H2. The van der Waals surface area contributed by atoms with Gasteiger partial charge in [0.25, 0.3) is 0 Å². The van der Waals surface area contributed by atoms with E-state index in [1.54, 1.807) is 0 Å². The van der Waals surface area contributed by atoms with Crippen molar-refractivity contribution in [3.63, 3.8) is 0 Å². The molecule has 9 heteroatoms. The summed E-state index contributed by atoms with van der Waals surface area (Å²) in [4.78, 5) is -0.677. The minimum absolute atomic E-state index is 0.274. The van der Waals surface area contributed by atoms with E-state index >= 15 is 0 Å². The van der Waals surface area contributed by atoms with Crippen LogP contribution in [0.5, 0.6) is 0 Å². The molecule has 0 amide bonds. The summed E-state index contributed by atoms with van der Waals surface area (Å²) in [5.41, 5.74) is -0.274. The van der Waals surface area contributed by atoms with E-state index in [1.807, 2.05) is 0 Å². The van der Waals surface area contributed by atoms with Gasteiger partial charge < -0.3 is 0 Å². The quantitative estimate of drug-likeness (QED) is 0.851. The number of hydrogen-bond acceptors (Lipinski definition) is 4. The SMILES string of the molecule is O=S(=O)(F)c1ccccc1NS(=O)(=O)N1CCCCCC1. The van der Waals surface area contributed by atoms with Crippen molar-refractivity contribution >= 4 is 26.1 Å². The molecule has 0 atom stereocenters. The molecule has 0 aliphatic carbocycles. The number of para-hydroxylation sites is 1. The normalized spacial score (nSPS) is 18.1. The first kappa shape index (κ1) is 16.2. The summed E-state index contributed by atoms with van der Waals surface area (Å²) in [6, 6.07) is 5.02. The van der Waals surface area contributed by atoms with Crippen LogP contribution in [0.3, 0.4) is 0 Å². The molecule has 0 radical (unpaired) electrons. The maximum Gasteiger partial charge on any atom is 0.334 e. The predicted octanol–water partition coefficient (Wildman–Crippen LogP) is 1.88. The maximum absolute atomic E-state index is 13.2. The van der Waals surface area contributed by atoms with E-state index in [1.165, 1.54) is 22.5 Å². The van der Waals surface area contributed by atoms with Gasteiger partial charge in [0.2, 0.25) is 0 Å². The van der Waals surface area contributed by atoms with E-state index in [0.29, 0.717) is 13.1 Å². The third-order valence-corrected chi connectivity index (χ3v) is 5.70. The molecule has 1 aliphatic rings. The molecule has 21 heavy (non-hydrogen) atoms. The number of anilines is 1. The smallest absolute Gasteiger partial charge is 0.269 e. The number of benzene rings is 1. The molecule has 0 aromatic heterocycles. The summed E-state index contributed by atoms with van der Waals surface area (Å²) in [6.07, 6.45) is 3.43. The molecule has 1 aliphatic heterocycles. The van der Waals surface area contributed by atoms with Crippen molar-refractivity contribution in [2.24, 2.45) is 0 Å². The third-order valence-electron chi connectivity index (χ3n) is 3.29. The highest BCUT2D eigenvalue weighted by molar-refractivity contribution is 7.90. The summed E-state index contributed by atoms with van der Waals surface area (Å²) in [5.74, 6) is 0. The Morgan fingerprint density at radius 1 is 0.952 bits per heavy atom. The molecule has 0 bridgehead atoms. The molecule has 0 unspecified atom stereocenters. The molecule has 0 spiro atoms. The number of nitrogens with zero attached hydrogens (tertiary/aromatic N) is 1. The molecule has 1 fully saturated rings. The van der Waals surface area contributed by atoms with Gasteiger partial charge in [0.15, 0.2) is 0 Å². The Balaban J connectivity index is 2.29. The molecule has 1 aromatic carbocycles. The van der Waals surface area contributed by atoms with Crippen LogP contribution in [-0.2, 0) is 20.4 Å². The zero-order valence-electron chi connectivity index (χ0n) is 11.3. The second-order valence-corrected chi connectivity index (χ2v) is 7.84. The number of nitrogens with one attached hydrogen (secondary N) is 1. The Bertz CT molecular complexity index is 696. The maximum atomic E-state index is 13.2. The lowest BCUT2D eigenvalue weighted by atomic mass is 10.2. The van der Waals surface area contributed by atoms with Crippen LogP contribution in [-0.4, -0.2) is 34.2 Å². The van der Waals surface area contributed by atoms with Gasteiger partial charge >= 0.3 is 20.4 Å². The molecular weight excluding hydrogens is 319 g/mol. The van der Waals surface area contributed by atoms with Crippen molar-refractivity contribution in [3.8, 4) is 0 Å². The fraction of sp³-hybridized carbons (Fsp3) is 0.500. The first-order valence-corrected chi connectivity index (χ1v) is 9.45. The highest BCUT2D eigenvalue weighted by atomic mass is 32.3. The summed E-state index contributed by atoms with van der Waals surface area (Å²) in [5, 5.41) is 0. The molecule has 2 rings (SSSR count). The molecule has 0 saturated carbocycles. The van der Waals surface area contributed by atoms with Crippen LogP contribution in [0, 0.1) is 0 Å². The van der Waals surface area contributed by atoms with E-state index in [2.05, 4.69) is 4.72 Å². The van der Waals surface area contributed by atoms with Gasteiger partial charge in [-0.3, -0.25) is 4.72 Å². The topological polar surface area (TPSA) is 83.5 Å². The monoisotopic (exact) mass is 336 g/mol. The zero-order chi connectivity index (χ0) is 15.5. The number of rotatable bonds is 4. The summed E-state index contributed by atoms with van der Waals surface area (Å²) < 4.78 is 63.3. The van der Waals surface area contributed by atoms with Gasteiger partial charge in [0.1, 0.15) is 4.90 Å². The second-order valence-electron chi connectivity index (χ2n) is 4.85. The second kappa shape index (κ2) is 6.29. The highest BCUT2D eigenvalue weighted by Crippen LogP contribution is 2.25. The zero-order valence-corrected chi connectivity index (χ0v) is 13.0. The minimum Gasteiger partial charge on any atom is -0.269 e. The summed E-state index contributed by atoms with van der Waals surface area (Å²) in [6.45, 7) is 0.750. The first-order chi connectivity index (χ1) is 9.81. The lowest BCUT2D eigenvalue weighted by Gasteiger charge is -2.21. The van der Waals surface area contributed by atoms with Crippen LogP contribution < -0.4 is 4.72 Å². The fourth-order valence-electron chi connectivity index (χ4n) is 2.25. The number of hydrogen-bond donors (Lipinski definition) is 1. The van der Waals surface area contributed by atoms with Gasteiger partial charge in [-0.1, -0.05) is 25.0 Å². The van der Waals surface area contributed by atoms with Crippen molar-refractivity contribution in [2.75, 3.05) is 17.8 Å². The summed E-state index contributed by atoms with van der Waals surface area (Å²) in [7, 11) is -8.88. The van der Waals surface area contributed by atoms with E-state index in [9.17, 15) is 20.7 Å². The number of halogens is 1. The van der Waals surface area contributed by atoms with Gasteiger partial charge in [-0.15, -0.1) is 3.89 Å². The Morgan fingerprint density at radius 2 is 1.52 bits per heavy atom. The lowest BCUT2D eigenvalue weighted by Crippen LogP contribution is -2.36. The molecule has 1 aromatic rings. The van der Waals surface area contributed by atoms with Crippen LogP contribution in [0.4, 0.5) is 9.57 Å². The van der Waals surface area contributed by atoms with Crippen LogP contribution >= 0.6 is 0 Å². The van der Waals surface area contributed by atoms with Crippen molar-refractivity contribution < 1.29 is 20.7 Å². The van der Waals surface area contributed by atoms with Crippen molar-refractivity contribution in [1.29, 1.82) is 0 Å².